The van der Waals surface area contributed by atoms with Gasteiger partial charge in [-0.2, -0.15) is 0 Å². The van der Waals surface area contributed by atoms with Crippen molar-refractivity contribution in [2.24, 2.45) is 0 Å². The zero-order chi connectivity index (χ0) is 6.85. The molecule has 0 aliphatic heterocycles. The lowest BCUT2D eigenvalue weighted by atomic mass is 10.2. The van der Waals surface area contributed by atoms with E-state index in [0.717, 1.165) is 18.8 Å². The Balaban J connectivity index is 2.17. The van der Waals surface area contributed by atoms with Crippen molar-refractivity contribution in [2.75, 3.05) is 0 Å². The van der Waals surface area contributed by atoms with E-state index in [1.54, 1.807) is 13.8 Å². The van der Waals surface area contributed by atoms with Crippen LogP contribution in [0.2, 0.25) is 0 Å². The minimum atomic E-state index is -0.141. The van der Waals surface area contributed by atoms with E-state index in [9.17, 15) is 4.79 Å². The second-order valence-corrected chi connectivity index (χ2v) is 2.60. The standard InChI is InChI=1S/C7H11O2/c1-5(2)7(8)9-6-3-4-6/h6H,3-4H2,1-2H3. The third-order valence-corrected chi connectivity index (χ3v) is 1.21. The number of hydrogen-bond donors (Lipinski definition) is 0. The molecule has 0 amide bonds. The van der Waals surface area contributed by atoms with Gasteiger partial charge < -0.3 is 4.74 Å². The van der Waals surface area contributed by atoms with E-state index in [0.29, 0.717) is 0 Å². The molecule has 0 saturated heterocycles. The van der Waals surface area contributed by atoms with E-state index in [1.807, 2.05) is 0 Å². The first-order chi connectivity index (χ1) is 4.20. The molecule has 1 radical (unpaired) electrons. The van der Waals surface area contributed by atoms with E-state index in [1.165, 1.54) is 0 Å². The summed E-state index contributed by atoms with van der Waals surface area (Å²) in [7, 11) is 0. The van der Waals surface area contributed by atoms with Gasteiger partial charge in [-0.3, -0.25) is 4.79 Å². The highest BCUT2D eigenvalue weighted by molar-refractivity contribution is 5.83. The molecule has 2 nitrogen and oxygen atoms in total. The number of hydrogen-bond acceptors (Lipinski definition) is 2. The Hall–Kier alpha value is -0.530. The summed E-state index contributed by atoms with van der Waals surface area (Å²) in [5.41, 5.74) is 0. The molecule has 0 aromatic carbocycles. The highest BCUT2D eigenvalue weighted by atomic mass is 16.5. The lowest BCUT2D eigenvalue weighted by Gasteiger charge is -2.02. The molecule has 1 aliphatic rings. The molecular weight excluding hydrogens is 116 g/mol. The summed E-state index contributed by atoms with van der Waals surface area (Å²) in [6.45, 7) is 3.54. The lowest BCUT2D eigenvalue weighted by Crippen LogP contribution is -2.10. The van der Waals surface area contributed by atoms with E-state index in [2.05, 4.69) is 0 Å². The van der Waals surface area contributed by atoms with Crippen LogP contribution in [0.3, 0.4) is 0 Å². The predicted octanol–water partition coefficient (Wildman–Crippen LogP) is 1.31. The van der Waals surface area contributed by atoms with Gasteiger partial charge in [-0.05, 0) is 26.7 Å². The molecule has 1 fully saturated rings. The number of rotatable bonds is 2. The van der Waals surface area contributed by atoms with Crippen LogP contribution in [-0.4, -0.2) is 12.1 Å². The molecule has 1 aliphatic carbocycles. The van der Waals surface area contributed by atoms with E-state index in [-0.39, 0.29) is 12.1 Å². The zero-order valence-electron chi connectivity index (χ0n) is 5.81. The van der Waals surface area contributed by atoms with Crippen molar-refractivity contribution < 1.29 is 9.53 Å². The van der Waals surface area contributed by atoms with Crippen molar-refractivity contribution in [3.63, 3.8) is 0 Å². The minimum absolute atomic E-state index is 0.141. The van der Waals surface area contributed by atoms with Crippen LogP contribution in [0.25, 0.3) is 0 Å². The molecule has 0 bridgehead atoms. The summed E-state index contributed by atoms with van der Waals surface area (Å²) < 4.78 is 4.95. The Kier molecular flexibility index (Phi) is 1.74. The molecule has 0 heterocycles. The van der Waals surface area contributed by atoms with Gasteiger partial charge in [0.2, 0.25) is 0 Å². The van der Waals surface area contributed by atoms with Crippen molar-refractivity contribution in [1.29, 1.82) is 0 Å². The molecule has 9 heavy (non-hydrogen) atoms. The van der Waals surface area contributed by atoms with Crippen molar-refractivity contribution in [3.05, 3.63) is 5.92 Å². The summed E-state index contributed by atoms with van der Waals surface area (Å²) in [5.74, 6) is 0.597. The molecular formula is C7H11O2. The van der Waals surface area contributed by atoms with Crippen molar-refractivity contribution in [3.8, 4) is 0 Å². The molecule has 0 unspecified atom stereocenters. The van der Waals surface area contributed by atoms with Crippen LogP contribution >= 0.6 is 0 Å². The molecule has 1 rings (SSSR count). The summed E-state index contributed by atoms with van der Waals surface area (Å²) in [5, 5.41) is 0. The van der Waals surface area contributed by atoms with E-state index >= 15 is 0 Å². The van der Waals surface area contributed by atoms with Crippen molar-refractivity contribution in [1.82, 2.24) is 0 Å². The topological polar surface area (TPSA) is 26.3 Å². The first-order valence-corrected chi connectivity index (χ1v) is 3.21. The summed E-state index contributed by atoms with van der Waals surface area (Å²) in [6, 6.07) is 0. The van der Waals surface area contributed by atoms with Crippen LogP contribution in [0.5, 0.6) is 0 Å². The Morgan fingerprint density at radius 1 is 1.44 bits per heavy atom. The maximum absolute atomic E-state index is 10.7. The van der Waals surface area contributed by atoms with Gasteiger partial charge in [0.15, 0.2) is 0 Å². The summed E-state index contributed by atoms with van der Waals surface area (Å²) in [4.78, 5) is 10.7. The Labute approximate surface area is 55.2 Å². The molecule has 0 N–H and O–H groups in total. The van der Waals surface area contributed by atoms with Gasteiger partial charge in [-0.25, -0.2) is 0 Å². The first-order valence-electron chi connectivity index (χ1n) is 3.21. The van der Waals surface area contributed by atoms with Crippen LogP contribution < -0.4 is 0 Å². The largest absolute Gasteiger partial charge is 0.462 e. The van der Waals surface area contributed by atoms with Crippen LogP contribution in [0.1, 0.15) is 26.7 Å². The van der Waals surface area contributed by atoms with Crippen LogP contribution in [0.15, 0.2) is 0 Å². The molecule has 0 aromatic rings. The SMILES string of the molecule is C[C](C)C(=O)OC1CC1. The second kappa shape index (κ2) is 2.38. The average molecular weight is 127 g/mol. The zero-order valence-corrected chi connectivity index (χ0v) is 5.81. The van der Waals surface area contributed by atoms with E-state index < -0.39 is 0 Å². The maximum atomic E-state index is 10.7. The average Bonchev–Trinajstić information content (AvgIpc) is 2.50. The molecule has 2 heteroatoms. The molecule has 51 valence electrons. The summed E-state index contributed by atoms with van der Waals surface area (Å²) in [6.07, 6.45) is 2.35. The summed E-state index contributed by atoms with van der Waals surface area (Å²) >= 11 is 0. The highest BCUT2D eigenvalue weighted by Crippen LogP contribution is 2.24. The van der Waals surface area contributed by atoms with Gasteiger partial charge in [0.25, 0.3) is 0 Å². The Morgan fingerprint density at radius 2 is 2.00 bits per heavy atom. The minimum Gasteiger partial charge on any atom is -0.462 e. The van der Waals surface area contributed by atoms with Gasteiger partial charge in [0, 0.05) is 0 Å². The first kappa shape index (κ1) is 6.59. The number of esters is 1. The predicted molar refractivity (Wildman–Crippen MR) is 33.7 cm³/mol. The third kappa shape index (κ3) is 2.04. The fourth-order valence-corrected chi connectivity index (χ4v) is 0.455. The molecule has 0 spiro atoms. The Morgan fingerprint density at radius 3 is 2.33 bits per heavy atom. The van der Waals surface area contributed by atoms with Gasteiger partial charge in [-0.15, -0.1) is 0 Å². The molecule has 0 atom stereocenters. The molecule has 1 saturated carbocycles. The van der Waals surface area contributed by atoms with Crippen LogP contribution in [-0.2, 0) is 9.53 Å². The normalized spacial score (nSPS) is 18.1. The third-order valence-electron chi connectivity index (χ3n) is 1.21. The maximum Gasteiger partial charge on any atom is 0.312 e. The van der Waals surface area contributed by atoms with E-state index in [4.69, 9.17) is 4.74 Å². The van der Waals surface area contributed by atoms with Crippen molar-refractivity contribution >= 4 is 5.97 Å². The van der Waals surface area contributed by atoms with Crippen LogP contribution in [0, 0.1) is 5.92 Å². The molecule has 0 aromatic heterocycles. The smallest absolute Gasteiger partial charge is 0.312 e. The van der Waals surface area contributed by atoms with Gasteiger partial charge in [0.05, 0.1) is 5.92 Å². The monoisotopic (exact) mass is 127 g/mol. The number of ether oxygens (including phenoxy) is 1. The number of carbonyl (C=O) groups is 1. The van der Waals surface area contributed by atoms with Crippen molar-refractivity contribution in [2.45, 2.75) is 32.8 Å². The second-order valence-electron chi connectivity index (χ2n) is 2.60. The fourth-order valence-electron chi connectivity index (χ4n) is 0.455. The van der Waals surface area contributed by atoms with Gasteiger partial charge >= 0.3 is 5.97 Å². The Bertz CT molecular complexity index is 114. The van der Waals surface area contributed by atoms with Crippen LogP contribution in [0.4, 0.5) is 0 Å². The lowest BCUT2D eigenvalue weighted by molar-refractivity contribution is -0.142. The fraction of sp³-hybridized carbons (Fsp3) is 0.714. The highest BCUT2D eigenvalue weighted by Gasteiger charge is 2.26. The van der Waals surface area contributed by atoms with Gasteiger partial charge in [-0.1, -0.05) is 0 Å². The number of carbonyl (C=O) groups excluding carboxylic acids is 1. The van der Waals surface area contributed by atoms with Gasteiger partial charge in [0.1, 0.15) is 6.10 Å². The quantitative estimate of drug-likeness (QED) is 0.523.